The molecule has 6 nitrogen and oxygen atoms in total. The van der Waals surface area contributed by atoms with Crippen molar-refractivity contribution >= 4 is 11.8 Å². The lowest BCUT2D eigenvalue weighted by atomic mass is 9.90. The second kappa shape index (κ2) is 6.15. The molecule has 0 aromatic rings. The number of hydrogen-bond acceptors (Lipinski definition) is 4. The number of nitrogens with two attached hydrogens (primary N) is 1. The molecule has 2 amide bonds. The Bertz CT molecular complexity index is 312. The van der Waals surface area contributed by atoms with Crippen molar-refractivity contribution in [3.8, 4) is 0 Å². The Morgan fingerprint density at radius 2 is 1.94 bits per heavy atom. The van der Waals surface area contributed by atoms with E-state index in [2.05, 4.69) is 5.32 Å². The molecule has 1 rings (SSSR count). The summed E-state index contributed by atoms with van der Waals surface area (Å²) in [4.78, 5) is 25.2. The fourth-order valence-corrected chi connectivity index (χ4v) is 2.25. The molecule has 3 N–H and O–H groups in total. The molecule has 0 bridgehead atoms. The van der Waals surface area contributed by atoms with Gasteiger partial charge in [0.15, 0.2) is 0 Å². The average molecular weight is 257 g/mol. The fraction of sp³-hybridized carbons (Fsp3) is 0.833. The summed E-state index contributed by atoms with van der Waals surface area (Å²) in [7, 11) is 1.55. The molecule has 0 aromatic heterocycles. The fourth-order valence-electron chi connectivity index (χ4n) is 2.25. The number of primary amides is 1. The van der Waals surface area contributed by atoms with Gasteiger partial charge in [-0.3, -0.25) is 9.59 Å². The van der Waals surface area contributed by atoms with Crippen LogP contribution in [0.3, 0.4) is 0 Å². The van der Waals surface area contributed by atoms with Crippen LogP contribution in [0.25, 0.3) is 0 Å². The van der Waals surface area contributed by atoms with Gasteiger partial charge in [-0.2, -0.15) is 0 Å². The van der Waals surface area contributed by atoms with Gasteiger partial charge in [-0.05, 0) is 39.8 Å². The topological polar surface area (TPSA) is 84.7 Å². The molecule has 0 saturated carbocycles. The number of piperidine rings is 1. The number of nitrogens with one attached hydrogen (secondary N) is 1. The molecular formula is C12H23N3O3. The summed E-state index contributed by atoms with van der Waals surface area (Å²) in [6.07, 6.45) is 1.23. The van der Waals surface area contributed by atoms with Crippen LogP contribution in [0, 0.1) is 0 Å². The Balaban J connectivity index is 2.88. The molecule has 0 radical (unpaired) electrons. The van der Waals surface area contributed by atoms with E-state index in [1.165, 1.54) is 4.90 Å². The van der Waals surface area contributed by atoms with Gasteiger partial charge in [0.2, 0.25) is 5.91 Å². The third kappa shape index (κ3) is 3.20. The summed E-state index contributed by atoms with van der Waals surface area (Å²) in [5.74, 6) is -0.641. The van der Waals surface area contributed by atoms with E-state index in [0.717, 1.165) is 13.1 Å². The minimum absolute atomic E-state index is 0.0605. The second-order valence-electron chi connectivity index (χ2n) is 4.94. The van der Waals surface area contributed by atoms with E-state index in [4.69, 9.17) is 10.5 Å². The molecule has 6 heteroatoms. The first-order chi connectivity index (χ1) is 8.43. The minimum atomic E-state index is -0.815. The normalized spacial score (nSPS) is 18.7. The zero-order valence-corrected chi connectivity index (χ0v) is 11.4. The van der Waals surface area contributed by atoms with Crippen molar-refractivity contribution in [2.45, 2.75) is 38.3 Å². The smallest absolute Gasteiger partial charge is 0.255 e. The summed E-state index contributed by atoms with van der Waals surface area (Å²) in [6.45, 7) is 5.15. The molecule has 1 heterocycles. The van der Waals surface area contributed by atoms with E-state index >= 15 is 0 Å². The highest BCUT2D eigenvalue weighted by atomic mass is 16.5. The maximum Gasteiger partial charge on any atom is 0.255 e. The van der Waals surface area contributed by atoms with Gasteiger partial charge >= 0.3 is 0 Å². The van der Waals surface area contributed by atoms with Crippen molar-refractivity contribution in [3.63, 3.8) is 0 Å². The van der Waals surface area contributed by atoms with E-state index in [9.17, 15) is 9.59 Å². The Hall–Kier alpha value is -1.14. The van der Waals surface area contributed by atoms with Crippen molar-refractivity contribution in [1.82, 2.24) is 10.2 Å². The molecule has 1 fully saturated rings. The Morgan fingerprint density at radius 1 is 1.39 bits per heavy atom. The maximum absolute atomic E-state index is 12.6. The average Bonchev–Trinajstić information content (AvgIpc) is 2.35. The lowest BCUT2D eigenvalue weighted by molar-refractivity contribution is -0.161. The second-order valence-corrected chi connectivity index (χ2v) is 4.94. The first kappa shape index (κ1) is 14.9. The van der Waals surface area contributed by atoms with Crippen LogP contribution in [0.4, 0.5) is 0 Å². The maximum atomic E-state index is 12.6. The Morgan fingerprint density at radius 3 is 2.33 bits per heavy atom. The molecule has 18 heavy (non-hydrogen) atoms. The van der Waals surface area contributed by atoms with Crippen LogP contribution in [-0.4, -0.2) is 55.1 Å². The lowest BCUT2D eigenvalue weighted by Crippen LogP contribution is -2.58. The predicted molar refractivity (Wildman–Crippen MR) is 67.9 cm³/mol. The van der Waals surface area contributed by atoms with Crippen molar-refractivity contribution in [3.05, 3.63) is 0 Å². The lowest BCUT2D eigenvalue weighted by Gasteiger charge is -2.40. The Labute approximate surface area is 108 Å². The number of ether oxygens (including phenoxy) is 1. The molecule has 0 spiro atoms. The van der Waals surface area contributed by atoms with Crippen LogP contribution in [0.2, 0.25) is 0 Å². The monoisotopic (exact) mass is 257 g/mol. The van der Waals surface area contributed by atoms with E-state index in [1.807, 2.05) is 13.8 Å². The minimum Gasteiger partial charge on any atom is -0.368 e. The van der Waals surface area contributed by atoms with Crippen LogP contribution in [0.15, 0.2) is 0 Å². The van der Waals surface area contributed by atoms with Gasteiger partial charge in [-0.1, -0.05) is 0 Å². The molecule has 1 saturated heterocycles. The molecular weight excluding hydrogens is 234 g/mol. The molecule has 1 aliphatic heterocycles. The third-order valence-corrected chi connectivity index (χ3v) is 3.40. The molecule has 0 aromatic carbocycles. The van der Waals surface area contributed by atoms with Gasteiger partial charge in [-0.15, -0.1) is 0 Å². The van der Waals surface area contributed by atoms with E-state index in [-0.39, 0.29) is 18.5 Å². The van der Waals surface area contributed by atoms with Crippen molar-refractivity contribution in [2.75, 3.05) is 26.7 Å². The highest BCUT2D eigenvalue weighted by Crippen LogP contribution is 2.25. The zero-order valence-electron chi connectivity index (χ0n) is 11.4. The number of nitrogens with zero attached hydrogens (tertiary/aromatic N) is 1. The van der Waals surface area contributed by atoms with Gasteiger partial charge in [-0.25, -0.2) is 0 Å². The van der Waals surface area contributed by atoms with Gasteiger partial charge in [0, 0.05) is 13.2 Å². The van der Waals surface area contributed by atoms with Gasteiger partial charge in [0.05, 0.1) is 6.54 Å². The number of methoxy groups -OCH3 is 1. The first-order valence-electron chi connectivity index (χ1n) is 6.28. The summed E-state index contributed by atoms with van der Waals surface area (Å²) < 4.78 is 5.47. The summed E-state index contributed by atoms with van der Waals surface area (Å²) in [6, 6.07) is -0.0769. The Kier molecular flexibility index (Phi) is 5.10. The highest BCUT2D eigenvalue weighted by molar-refractivity contribution is 5.89. The van der Waals surface area contributed by atoms with E-state index in [0.29, 0.717) is 12.8 Å². The summed E-state index contributed by atoms with van der Waals surface area (Å²) in [5.41, 5.74) is 4.38. The number of carbonyl (C=O) groups is 2. The van der Waals surface area contributed by atoms with Crippen molar-refractivity contribution in [1.29, 1.82) is 0 Å². The van der Waals surface area contributed by atoms with E-state index in [1.54, 1.807) is 7.11 Å². The predicted octanol–water partition coefficient (Wildman–Crippen LogP) is -0.523. The standard InChI is InChI=1S/C12H23N3O3/c1-9(2)15(8-10(13)16)11(17)12(18-3)4-6-14-7-5-12/h9,14H,4-8H2,1-3H3,(H2,13,16). The van der Waals surface area contributed by atoms with Crippen LogP contribution in [0.1, 0.15) is 26.7 Å². The number of amides is 2. The van der Waals surface area contributed by atoms with Gasteiger partial charge in [0.1, 0.15) is 5.60 Å². The van der Waals surface area contributed by atoms with Crippen LogP contribution in [-0.2, 0) is 14.3 Å². The largest absolute Gasteiger partial charge is 0.368 e. The first-order valence-corrected chi connectivity index (χ1v) is 6.28. The van der Waals surface area contributed by atoms with Gasteiger partial charge < -0.3 is 20.7 Å². The molecule has 104 valence electrons. The third-order valence-electron chi connectivity index (χ3n) is 3.40. The highest BCUT2D eigenvalue weighted by Gasteiger charge is 2.43. The number of carbonyl (C=O) groups excluding carboxylic acids is 2. The zero-order chi connectivity index (χ0) is 13.8. The number of hydrogen-bond donors (Lipinski definition) is 2. The van der Waals surface area contributed by atoms with E-state index < -0.39 is 11.5 Å². The van der Waals surface area contributed by atoms with Crippen molar-refractivity contribution < 1.29 is 14.3 Å². The number of rotatable bonds is 5. The van der Waals surface area contributed by atoms with Crippen LogP contribution in [0.5, 0.6) is 0 Å². The summed E-state index contributed by atoms with van der Waals surface area (Å²) >= 11 is 0. The molecule has 0 aliphatic carbocycles. The quantitative estimate of drug-likeness (QED) is 0.694. The SMILES string of the molecule is COC1(C(=O)N(CC(N)=O)C(C)C)CCNCC1. The molecule has 0 unspecified atom stereocenters. The molecule has 0 atom stereocenters. The van der Waals surface area contributed by atoms with Crippen molar-refractivity contribution in [2.24, 2.45) is 5.73 Å². The van der Waals surface area contributed by atoms with Gasteiger partial charge in [0.25, 0.3) is 5.91 Å². The van der Waals surface area contributed by atoms with Crippen LogP contribution >= 0.6 is 0 Å². The molecule has 1 aliphatic rings. The summed E-state index contributed by atoms with van der Waals surface area (Å²) in [5, 5.41) is 3.20. The van der Waals surface area contributed by atoms with Crippen LogP contribution < -0.4 is 11.1 Å².